The summed E-state index contributed by atoms with van der Waals surface area (Å²) in [7, 11) is 0. The van der Waals surface area contributed by atoms with Crippen LogP contribution in [0.4, 0.5) is 5.13 Å². The zero-order valence-corrected chi connectivity index (χ0v) is 12.4. The lowest BCUT2D eigenvalue weighted by atomic mass is 10.4. The summed E-state index contributed by atoms with van der Waals surface area (Å²) in [5.41, 5.74) is 4.83. The lowest BCUT2D eigenvalue weighted by Gasteiger charge is -2.25. The van der Waals surface area contributed by atoms with Crippen LogP contribution in [0.25, 0.3) is 0 Å². The Morgan fingerprint density at radius 2 is 2.00 bits per heavy atom. The molecule has 1 aliphatic rings. The monoisotopic (exact) mass is 322 g/mol. The van der Waals surface area contributed by atoms with Crippen LogP contribution < -0.4 is 15.8 Å². The van der Waals surface area contributed by atoms with Crippen molar-refractivity contribution >= 4 is 28.3 Å². The molecule has 0 bridgehead atoms. The summed E-state index contributed by atoms with van der Waals surface area (Å²) in [5.74, 6) is -0.884. The molecule has 0 unspecified atom stereocenters. The van der Waals surface area contributed by atoms with E-state index in [4.69, 9.17) is 9.15 Å². The van der Waals surface area contributed by atoms with Crippen molar-refractivity contribution in [3.05, 3.63) is 35.2 Å². The molecule has 1 saturated heterocycles. The molecule has 3 heterocycles. The molecule has 2 N–H and O–H groups in total. The molecule has 116 valence electrons. The number of amides is 2. The molecule has 22 heavy (non-hydrogen) atoms. The second-order valence-electron chi connectivity index (χ2n) is 4.50. The molecule has 0 aliphatic carbocycles. The highest BCUT2D eigenvalue weighted by atomic mass is 32.1. The van der Waals surface area contributed by atoms with Crippen molar-refractivity contribution in [3.8, 4) is 0 Å². The van der Waals surface area contributed by atoms with Gasteiger partial charge >= 0.3 is 5.91 Å². The fourth-order valence-electron chi connectivity index (χ4n) is 1.92. The number of thiazole rings is 1. The fourth-order valence-corrected chi connectivity index (χ4v) is 2.77. The summed E-state index contributed by atoms with van der Waals surface area (Å²) in [5, 5.41) is 2.42. The van der Waals surface area contributed by atoms with Gasteiger partial charge in [-0.15, -0.1) is 11.3 Å². The van der Waals surface area contributed by atoms with Crippen molar-refractivity contribution < 1.29 is 18.7 Å². The van der Waals surface area contributed by atoms with E-state index >= 15 is 0 Å². The van der Waals surface area contributed by atoms with E-state index < -0.39 is 11.8 Å². The normalized spacial score (nSPS) is 14.6. The molecular formula is C13H14N4O4S. The zero-order chi connectivity index (χ0) is 15.4. The van der Waals surface area contributed by atoms with Crippen molar-refractivity contribution in [1.29, 1.82) is 0 Å². The Hall–Kier alpha value is -2.39. The summed E-state index contributed by atoms with van der Waals surface area (Å²) >= 11 is 1.38. The third-order valence-electron chi connectivity index (χ3n) is 3.04. The number of ether oxygens (including phenoxy) is 1. The van der Waals surface area contributed by atoms with Gasteiger partial charge in [0.1, 0.15) is 5.69 Å². The summed E-state index contributed by atoms with van der Waals surface area (Å²) in [4.78, 5) is 29.9. The lowest BCUT2D eigenvalue weighted by Crippen LogP contribution is -2.41. The number of furan rings is 1. The van der Waals surface area contributed by atoms with E-state index in [0.29, 0.717) is 13.2 Å². The maximum absolute atomic E-state index is 12.0. The maximum Gasteiger partial charge on any atom is 0.305 e. The standard InChI is InChI=1S/C13H14N4O4S/c18-11(15-16-12(19)10-2-1-5-21-10)9-8-22-13(14-9)17-3-6-20-7-4-17/h1-2,5,8H,3-4,6-7H2,(H,15,18)(H,16,19). The van der Waals surface area contributed by atoms with Crippen LogP contribution in [0.2, 0.25) is 0 Å². The van der Waals surface area contributed by atoms with Gasteiger partial charge in [-0.3, -0.25) is 20.4 Å². The Morgan fingerprint density at radius 3 is 2.73 bits per heavy atom. The van der Waals surface area contributed by atoms with Crippen molar-refractivity contribution in [1.82, 2.24) is 15.8 Å². The molecule has 0 saturated carbocycles. The molecule has 0 atom stereocenters. The first-order chi connectivity index (χ1) is 10.7. The average Bonchev–Trinajstić information content (AvgIpc) is 3.24. The predicted octanol–water partition coefficient (Wildman–Crippen LogP) is 0.647. The molecule has 0 radical (unpaired) electrons. The Morgan fingerprint density at radius 1 is 1.23 bits per heavy atom. The molecule has 1 fully saturated rings. The minimum absolute atomic E-state index is 0.118. The minimum Gasteiger partial charge on any atom is -0.459 e. The van der Waals surface area contributed by atoms with Gasteiger partial charge in [0.15, 0.2) is 10.9 Å². The van der Waals surface area contributed by atoms with Crippen LogP contribution in [-0.2, 0) is 4.74 Å². The smallest absolute Gasteiger partial charge is 0.305 e. The van der Waals surface area contributed by atoms with Crippen molar-refractivity contribution in [3.63, 3.8) is 0 Å². The molecular weight excluding hydrogens is 308 g/mol. The number of aromatic nitrogens is 1. The van der Waals surface area contributed by atoms with Gasteiger partial charge in [0, 0.05) is 18.5 Å². The number of nitrogens with zero attached hydrogens (tertiary/aromatic N) is 2. The molecule has 2 aromatic heterocycles. The SMILES string of the molecule is O=C(NNC(=O)c1ccco1)c1csc(N2CCOCC2)n1. The van der Waals surface area contributed by atoms with E-state index in [1.54, 1.807) is 11.4 Å². The van der Waals surface area contributed by atoms with E-state index in [0.717, 1.165) is 18.2 Å². The highest BCUT2D eigenvalue weighted by molar-refractivity contribution is 7.13. The first kappa shape index (κ1) is 14.5. The number of hydrazine groups is 1. The molecule has 2 aromatic rings. The Balaban J connectivity index is 1.56. The van der Waals surface area contributed by atoms with Crippen LogP contribution in [0.5, 0.6) is 0 Å². The van der Waals surface area contributed by atoms with Gasteiger partial charge in [0.2, 0.25) is 0 Å². The van der Waals surface area contributed by atoms with Crippen molar-refractivity contribution in [2.45, 2.75) is 0 Å². The average molecular weight is 322 g/mol. The van der Waals surface area contributed by atoms with Crippen molar-refractivity contribution in [2.75, 3.05) is 31.2 Å². The molecule has 2 amide bonds. The molecule has 1 aliphatic heterocycles. The number of nitrogens with one attached hydrogen (secondary N) is 2. The van der Waals surface area contributed by atoms with Crippen molar-refractivity contribution in [2.24, 2.45) is 0 Å². The quantitative estimate of drug-likeness (QED) is 0.805. The van der Waals surface area contributed by atoms with Gasteiger partial charge in [-0.25, -0.2) is 4.98 Å². The largest absolute Gasteiger partial charge is 0.459 e. The van der Waals surface area contributed by atoms with Gasteiger partial charge in [-0.1, -0.05) is 0 Å². The van der Waals surface area contributed by atoms with Crippen LogP contribution in [0, 0.1) is 0 Å². The number of anilines is 1. The third-order valence-corrected chi connectivity index (χ3v) is 3.94. The number of rotatable bonds is 3. The van der Waals surface area contributed by atoms with Crippen LogP contribution >= 0.6 is 11.3 Å². The first-order valence-electron chi connectivity index (χ1n) is 6.66. The molecule has 9 heteroatoms. The van der Waals surface area contributed by atoms with Crippen LogP contribution in [-0.4, -0.2) is 43.1 Å². The summed E-state index contributed by atoms with van der Waals surface area (Å²) in [6.45, 7) is 2.81. The predicted molar refractivity (Wildman–Crippen MR) is 78.8 cm³/mol. The Labute approximate surface area is 130 Å². The number of carbonyl (C=O) groups excluding carboxylic acids is 2. The highest BCUT2D eigenvalue weighted by Crippen LogP contribution is 2.21. The molecule has 3 rings (SSSR count). The lowest BCUT2D eigenvalue weighted by molar-refractivity contribution is 0.0829. The van der Waals surface area contributed by atoms with Crippen LogP contribution in [0.15, 0.2) is 28.2 Å². The fraction of sp³-hybridized carbons (Fsp3) is 0.308. The molecule has 0 aromatic carbocycles. The van der Waals surface area contributed by atoms with Gasteiger partial charge in [-0.05, 0) is 12.1 Å². The van der Waals surface area contributed by atoms with Gasteiger partial charge in [0.05, 0.1) is 19.5 Å². The second kappa shape index (κ2) is 6.58. The first-order valence-corrected chi connectivity index (χ1v) is 7.54. The molecule has 0 spiro atoms. The highest BCUT2D eigenvalue weighted by Gasteiger charge is 2.18. The van der Waals surface area contributed by atoms with Gasteiger partial charge in [0.25, 0.3) is 5.91 Å². The number of carbonyl (C=O) groups is 2. The molecule has 8 nitrogen and oxygen atoms in total. The maximum atomic E-state index is 12.0. The van der Waals surface area contributed by atoms with Gasteiger partial charge in [-0.2, -0.15) is 0 Å². The Kier molecular flexibility index (Phi) is 4.35. The van der Waals surface area contributed by atoms with Gasteiger partial charge < -0.3 is 14.1 Å². The number of hydrogen-bond acceptors (Lipinski definition) is 7. The van der Waals surface area contributed by atoms with Crippen LogP contribution in [0.1, 0.15) is 21.0 Å². The van der Waals surface area contributed by atoms with E-state index in [1.165, 1.54) is 23.7 Å². The van der Waals surface area contributed by atoms with E-state index in [2.05, 4.69) is 20.7 Å². The second-order valence-corrected chi connectivity index (χ2v) is 5.34. The van der Waals surface area contributed by atoms with Crippen LogP contribution in [0.3, 0.4) is 0 Å². The summed E-state index contributed by atoms with van der Waals surface area (Å²) in [6.07, 6.45) is 1.38. The topological polar surface area (TPSA) is 96.7 Å². The zero-order valence-electron chi connectivity index (χ0n) is 11.6. The third kappa shape index (κ3) is 3.26. The summed E-state index contributed by atoms with van der Waals surface area (Å²) < 4.78 is 10.2. The minimum atomic E-state index is -0.526. The van der Waals surface area contributed by atoms with E-state index in [9.17, 15) is 9.59 Å². The van der Waals surface area contributed by atoms with E-state index in [1.807, 2.05) is 0 Å². The van der Waals surface area contributed by atoms with E-state index in [-0.39, 0.29) is 11.5 Å². The number of morpholine rings is 1. The summed E-state index contributed by atoms with van der Waals surface area (Å²) in [6, 6.07) is 3.09. The Bertz CT molecular complexity index is 649. The number of hydrogen-bond donors (Lipinski definition) is 2.